The Bertz CT molecular complexity index is 467. The van der Waals surface area contributed by atoms with Gasteiger partial charge in [0.25, 0.3) is 5.91 Å². The number of ether oxygens (including phenoxy) is 1. The molecule has 1 saturated carbocycles. The summed E-state index contributed by atoms with van der Waals surface area (Å²) in [5.74, 6) is 0.370. The van der Waals surface area contributed by atoms with E-state index in [1.165, 1.54) is 26.4 Å². The monoisotopic (exact) mass is 281 g/mol. The molecule has 0 spiro atoms. The molecule has 104 valence electrons. The highest BCUT2D eigenvalue weighted by molar-refractivity contribution is 6.32. The lowest BCUT2D eigenvalue weighted by molar-refractivity contribution is 0.0924. The van der Waals surface area contributed by atoms with E-state index in [-0.39, 0.29) is 11.9 Å². The number of hydrogen-bond donors (Lipinski definition) is 1. The molecule has 0 saturated heterocycles. The first-order valence-corrected chi connectivity index (χ1v) is 7.14. The first-order valence-electron chi connectivity index (χ1n) is 6.77. The number of carbonyl (C=O) groups is 1. The van der Waals surface area contributed by atoms with Crippen molar-refractivity contribution < 1.29 is 9.53 Å². The minimum atomic E-state index is -0.0886. The third kappa shape index (κ3) is 3.41. The van der Waals surface area contributed by atoms with E-state index in [0.717, 1.165) is 18.4 Å². The van der Waals surface area contributed by atoms with E-state index in [9.17, 15) is 4.79 Å². The second-order valence-corrected chi connectivity index (χ2v) is 5.54. The average molecular weight is 282 g/mol. The van der Waals surface area contributed by atoms with Gasteiger partial charge in [0.15, 0.2) is 0 Å². The summed E-state index contributed by atoms with van der Waals surface area (Å²) in [6.07, 6.45) is 5.78. The Balaban J connectivity index is 2.17. The van der Waals surface area contributed by atoms with Gasteiger partial charge in [0.2, 0.25) is 0 Å². The molecule has 4 heteroatoms. The Morgan fingerprint density at radius 2 is 2.00 bits per heavy atom. The zero-order valence-electron chi connectivity index (χ0n) is 11.5. The Morgan fingerprint density at radius 3 is 2.63 bits per heavy atom. The minimum Gasteiger partial charge on any atom is -0.494 e. The fourth-order valence-electron chi connectivity index (χ4n) is 2.62. The molecule has 3 nitrogen and oxygen atoms in total. The lowest BCUT2D eigenvalue weighted by Crippen LogP contribution is -2.36. The van der Waals surface area contributed by atoms with Crippen molar-refractivity contribution in [2.75, 3.05) is 7.11 Å². The molecule has 1 amide bonds. The van der Waals surface area contributed by atoms with Crippen LogP contribution in [-0.2, 0) is 0 Å². The molecule has 0 atom stereocenters. The van der Waals surface area contributed by atoms with Gasteiger partial charge in [-0.2, -0.15) is 0 Å². The lowest BCUT2D eigenvalue weighted by atomic mass is 9.95. The summed E-state index contributed by atoms with van der Waals surface area (Å²) in [5, 5.41) is 3.57. The van der Waals surface area contributed by atoms with Gasteiger partial charge in [0.1, 0.15) is 5.75 Å². The summed E-state index contributed by atoms with van der Waals surface area (Å²) in [4.78, 5) is 12.3. The van der Waals surface area contributed by atoms with Crippen LogP contribution in [0.25, 0.3) is 0 Å². The summed E-state index contributed by atoms with van der Waals surface area (Å²) < 4.78 is 5.25. The van der Waals surface area contributed by atoms with E-state index >= 15 is 0 Å². The normalized spacial score (nSPS) is 16.2. The van der Waals surface area contributed by atoms with Crippen LogP contribution in [0.1, 0.15) is 48.0 Å². The Hall–Kier alpha value is -1.22. The smallest absolute Gasteiger partial charge is 0.255 e. The number of halogens is 1. The summed E-state index contributed by atoms with van der Waals surface area (Å²) >= 11 is 6.12. The topological polar surface area (TPSA) is 38.3 Å². The third-order valence-electron chi connectivity index (χ3n) is 3.58. The van der Waals surface area contributed by atoms with Gasteiger partial charge in [-0.25, -0.2) is 0 Å². The van der Waals surface area contributed by atoms with Crippen LogP contribution in [0.2, 0.25) is 5.02 Å². The number of nitrogens with one attached hydrogen (secondary N) is 1. The molecular formula is C15H20ClNO2. The van der Waals surface area contributed by atoms with Crippen molar-refractivity contribution in [3.63, 3.8) is 0 Å². The highest BCUT2D eigenvalue weighted by Gasteiger charge is 2.20. The molecule has 0 radical (unpaired) electrons. The number of aryl methyl sites for hydroxylation is 1. The molecule has 0 bridgehead atoms. The summed E-state index contributed by atoms with van der Waals surface area (Å²) in [5.41, 5.74) is 1.48. The molecule has 1 aromatic carbocycles. The zero-order valence-corrected chi connectivity index (χ0v) is 12.2. The van der Waals surface area contributed by atoms with Crippen LogP contribution >= 0.6 is 11.6 Å². The quantitative estimate of drug-likeness (QED) is 0.917. The maximum Gasteiger partial charge on any atom is 0.255 e. The van der Waals surface area contributed by atoms with E-state index in [4.69, 9.17) is 16.3 Å². The number of carbonyl (C=O) groups excluding carboxylic acids is 1. The molecule has 2 rings (SSSR count). The molecule has 0 aromatic heterocycles. The summed E-state index contributed by atoms with van der Waals surface area (Å²) in [6.45, 7) is 1.92. The van der Waals surface area contributed by atoms with Gasteiger partial charge in [-0.05, 0) is 37.5 Å². The molecule has 19 heavy (non-hydrogen) atoms. The largest absolute Gasteiger partial charge is 0.494 e. The third-order valence-corrected chi connectivity index (χ3v) is 3.86. The van der Waals surface area contributed by atoms with E-state index in [1.807, 2.05) is 13.0 Å². The van der Waals surface area contributed by atoms with Crippen LogP contribution < -0.4 is 10.1 Å². The van der Waals surface area contributed by atoms with Gasteiger partial charge in [-0.3, -0.25) is 4.79 Å². The molecule has 1 fully saturated rings. The lowest BCUT2D eigenvalue weighted by Gasteiger charge is -2.23. The van der Waals surface area contributed by atoms with Crippen molar-refractivity contribution in [2.24, 2.45) is 0 Å². The van der Waals surface area contributed by atoms with Crippen molar-refractivity contribution >= 4 is 17.5 Å². The first-order chi connectivity index (χ1) is 9.11. The fraction of sp³-hybridized carbons (Fsp3) is 0.533. The van der Waals surface area contributed by atoms with E-state index in [1.54, 1.807) is 6.07 Å². The van der Waals surface area contributed by atoms with Crippen molar-refractivity contribution in [3.05, 3.63) is 28.3 Å². The second-order valence-electron chi connectivity index (χ2n) is 5.14. The summed E-state index contributed by atoms with van der Waals surface area (Å²) in [6, 6.07) is 3.91. The molecule has 1 aliphatic carbocycles. The molecule has 1 aliphatic rings. The van der Waals surface area contributed by atoms with Crippen LogP contribution in [0.15, 0.2) is 12.1 Å². The van der Waals surface area contributed by atoms with E-state index in [2.05, 4.69) is 5.32 Å². The van der Waals surface area contributed by atoms with Gasteiger partial charge >= 0.3 is 0 Å². The maximum atomic E-state index is 12.3. The van der Waals surface area contributed by atoms with Crippen molar-refractivity contribution in [1.82, 2.24) is 5.32 Å². The predicted molar refractivity (Wildman–Crippen MR) is 77.1 cm³/mol. The van der Waals surface area contributed by atoms with Crippen LogP contribution in [0.5, 0.6) is 5.75 Å². The van der Waals surface area contributed by atoms with E-state index < -0.39 is 0 Å². The van der Waals surface area contributed by atoms with Gasteiger partial charge in [0, 0.05) is 6.04 Å². The fourth-order valence-corrected chi connectivity index (χ4v) is 2.97. The molecule has 0 heterocycles. The van der Waals surface area contributed by atoms with Crippen molar-refractivity contribution in [1.29, 1.82) is 0 Å². The van der Waals surface area contributed by atoms with Crippen LogP contribution in [-0.4, -0.2) is 19.1 Å². The minimum absolute atomic E-state index is 0.0886. The highest BCUT2D eigenvalue weighted by Crippen LogP contribution is 2.30. The Kier molecular flexibility index (Phi) is 4.70. The van der Waals surface area contributed by atoms with Crippen molar-refractivity contribution in [2.45, 2.75) is 45.1 Å². The average Bonchev–Trinajstić information content (AvgIpc) is 2.39. The van der Waals surface area contributed by atoms with Crippen LogP contribution in [0.3, 0.4) is 0 Å². The number of benzene rings is 1. The van der Waals surface area contributed by atoms with Gasteiger partial charge in [-0.15, -0.1) is 0 Å². The predicted octanol–water partition coefficient (Wildman–Crippen LogP) is 3.72. The second kappa shape index (κ2) is 6.29. The van der Waals surface area contributed by atoms with Crippen molar-refractivity contribution in [3.8, 4) is 5.75 Å². The van der Waals surface area contributed by atoms with Crippen LogP contribution in [0, 0.1) is 6.92 Å². The van der Waals surface area contributed by atoms with E-state index in [0.29, 0.717) is 16.3 Å². The standard InChI is InChI=1S/C15H20ClNO2/c1-10-8-12(14(19-2)13(16)9-10)15(18)17-11-6-4-3-5-7-11/h8-9,11H,3-7H2,1-2H3,(H,17,18). The number of amides is 1. The Labute approximate surface area is 119 Å². The van der Waals surface area contributed by atoms with Gasteiger partial charge in [0.05, 0.1) is 17.7 Å². The van der Waals surface area contributed by atoms with Gasteiger partial charge in [-0.1, -0.05) is 30.9 Å². The first kappa shape index (κ1) is 14.2. The molecule has 0 aliphatic heterocycles. The molecule has 1 aromatic rings. The maximum absolute atomic E-state index is 12.3. The number of methoxy groups -OCH3 is 1. The Morgan fingerprint density at radius 1 is 1.32 bits per heavy atom. The number of rotatable bonds is 3. The van der Waals surface area contributed by atoms with Gasteiger partial charge < -0.3 is 10.1 Å². The van der Waals surface area contributed by atoms with Crippen LogP contribution in [0.4, 0.5) is 0 Å². The molecule has 0 unspecified atom stereocenters. The highest BCUT2D eigenvalue weighted by atomic mass is 35.5. The number of hydrogen-bond acceptors (Lipinski definition) is 2. The molecular weight excluding hydrogens is 262 g/mol. The summed E-state index contributed by atoms with van der Waals surface area (Å²) in [7, 11) is 1.54. The zero-order chi connectivity index (χ0) is 13.8. The molecule has 1 N–H and O–H groups in total. The SMILES string of the molecule is COc1c(Cl)cc(C)cc1C(=O)NC1CCCCC1.